The van der Waals surface area contributed by atoms with Crippen molar-refractivity contribution in [3.63, 3.8) is 0 Å². The molecule has 1 aliphatic rings. The Bertz CT molecular complexity index is 120. The number of nitrogens with zero attached hydrogens (tertiary/aromatic N) is 1. The molecule has 0 amide bonds. The molecule has 2 atom stereocenters. The first-order chi connectivity index (χ1) is 5.11. The van der Waals surface area contributed by atoms with Gasteiger partial charge in [-0.3, -0.25) is 0 Å². The van der Waals surface area contributed by atoms with E-state index >= 15 is 0 Å². The van der Waals surface area contributed by atoms with Crippen LogP contribution in [0.1, 0.15) is 34.1 Å². The molecule has 0 N–H and O–H groups in total. The second-order valence-corrected chi connectivity index (χ2v) is 4.33. The fourth-order valence-electron chi connectivity index (χ4n) is 1.76. The predicted molar refractivity (Wildman–Crippen MR) is 49.7 cm³/mol. The first kappa shape index (κ1) is 9.05. The monoisotopic (exact) mass is 155 g/mol. The van der Waals surface area contributed by atoms with Crippen molar-refractivity contribution in [2.45, 2.75) is 40.2 Å². The molecule has 0 radical (unpaired) electrons. The van der Waals surface area contributed by atoms with E-state index in [9.17, 15) is 0 Å². The van der Waals surface area contributed by atoms with E-state index in [1.807, 2.05) is 0 Å². The molecular formula is C10H21N. The van der Waals surface area contributed by atoms with Crippen LogP contribution in [0.4, 0.5) is 0 Å². The van der Waals surface area contributed by atoms with E-state index in [0.29, 0.717) is 0 Å². The Hall–Kier alpha value is -0.0400. The molecule has 1 heterocycles. The van der Waals surface area contributed by atoms with E-state index in [-0.39, 0.29) is 0 Å². The topological polar surface area (TPSA) is 3.24 Å². The summed E-state index contributed by atoms with van der Waals surface area (Å²) in [7, 11) is 0. The minimum absolute atomic E-state index is 0.741. The van der Waals surface area contributed by atoms with Crippen molar-refractivity contribution < 1.29 is 0 Å². The van der Waals surface area contributed by atoms with Gasteiger partial charge in [-0.2, -0.15) is 0 Å². The summed E-state index contributed by atoms with van der Waals surface area (Å²) < 4.78 is 0. The first-order valence-corrected chi connectivity index (χ1v) is 4.85. The number of likely N-dealkylation sites (tertiary alicyclic amines) is 1. The Labute approximate surface area is 70.8 Å². The summed E-state index contributed by atoms with van der Waals surface area (Å²) in [6, 6.07) is 0.741. The molecule has 1 heteroatoms. The molecular weight excluding hydrogens is 134 g/mol. The van der Waals surface area contributed by atoms with E-state index in [0.717, 1.165) is 17.9 Å². The van der Waals surface area contributed by atoms with Gasteiger partial charge in [-0.1, -0.05) is 13.8 Å². The molecule has 1 rings (SSSR count). The molecule has 0 aliphatic carbocycles. The lowest BCUT2D eigenvalue weighted by Gasteiger charge is -2.37. The number of rotatable bonds is 1. The molecule has 0 aromatic heterocycles. The van der Waals surface area contributed by atoms with Gasteiger partial charge in [0.1, 0.15) is 0 Å². The zero-order valence-corrected chi connectivity index (χ0v) is 8.30. The highest BCUT2D eigenvalue weighted by Crippen LogP contribution is 2.23. The normalized spacial score (nSPS) is 34.6. The van der Waals surface area contributed by atoms with Crippen LogP contribution in [-0.4, -0.2) is 24.0 Å². The maximum absolute atomic E-state index is 2.59. The van der Waals surface area contributed by atoms with Crippen LogP contribution in [0.2, 0.25) is 0 Å². The lowest BCUT2D eigenvalue weighted by Crippen LogP contribution is -2.42. The van der Waals surface area contributed by atoms with E-state index in [4.69, 9.17) is 0 Å². The standard InChI is InChI=1S/C10H21N/c1-8(2)11-6-5-9(3)10(4)7-11/h8-10H,5-7H2,1-4H3/t9-,10-/m1/s1. The Morgan fingerprint density at radius 2 is 1.82 bits per heavy atom. The van der Waals surface area contributed by atoms with Crippen molar-refractivity contribution in [1.29, 1.82) is 0 Å². The molecule has 11 heavy (non-hydrogen) atoms. The maximum Gasteiger partial charge on any atom is 0.00387 e. The summed E-state index contributed by atoms with van der Waals surface area (Å²) >= 11 is 0. The molecule has 0 saturated carbocycles. The van der Waals surface area contributed by atoms with Gasteiger partial charge in [0.2, 0.25) is 0 Å². The Morgan fingerprint density at radius 1 is 1.18 bits per heavy atom. The van der Waals surface area contributed by atoms with Crippen LogP contribution in [0.3, 0.4) is 0 Å². The van der Waals surface area contributed by atoms with Crippen LogP contribution in [0.5, 0.6) is 0 Å². The third-order valence-corrected chi connectivity index (χ3v) is 3.10. The highest BCUT2D eigenvalue weighted by molar-refractivity contribution is 4.76. The summed E-state index contributed by atoms with van der Waals surface area (Å²) in [6.45, 7) is 12.0. The average Bonchev–Trinajstić information content (AvgIpc) is 1.94. The van der Waals surface area contributed by atoms with Crippen molar-refractivity contribution in [1.82, 2.24) is 4.90 Å². The zero-order chi connectivity index (χ0) is 8.43. The van der Waals surface area contributed by atoms with Crippen molar-refractivity contribution in [2.75, 3.05) is 13.1 Å². The lowest BCUT2D eigenvalue weighted by atomic mass is 9.88. The second kappa shape index (κ2) is 3.57. The zero-order valence-electron chi connectivity index (χ0n) is 8.30. The van der Waals surface area contributed by atoms with Gasteiger partial charge < -0.3 is 4.90 Å². The second-order valence-electron chi connectivity index (χ2n) is 4.33. The molecule has 1 fully saturated rings. The highest BCUT2D eigenvalue weighted by Gasteiger charge is 2.23. The van der Waals surface area contributed by atoms with Gasteiger partial charge in [-0.15, -0.1) is 0 Å². The van der Waals surface area contributed by atoms with E-state index in [1.54, 1.807) is 0 Å². The Balaban J connectivity index is 2.40. The van der Waals surface area contributed by atoms with Crippen molar-refractivity contribution in [2.24, 2.45) is 11.8 Å². The molecule has 0 bridgehead atoms. The molecule has 0 aromatic rings. The summed E-state index contributed by atoms with van der Waals surface area (Å²) in [4.78, 5) is 2.59. The van der Waals surface area contributed by atoms with Gasteiger partial charge in [-0.05, 0) is 38.6 Å². The van der Waals surface area contributed by atoms with Gasteiger partial charge in [0.05, 0.1) is 0 Å². The van der Waals surface area contributed by atoms with Gasteiger partial charge in [-0.25, -0.2) is 0 Å². The summed E-state index contributed by atoms with van der Waals surface area (Å²) in [5.74, 6) is 1.83. The first-order valence-electron chi connectivity index (χ1n) is 4.85. The highest BCUT2D eigenvalue weighted by atomic mass is 15.2. The minimum Gasteiger partial charge on any atom is -0.301 e. The van der Waals surface area contributed by atoms with Crippen LogP contribution in [0.15, 0.2) is 0 Å². The minimum atomic E-state index is 0.741. The number of hydrogen-bond acceptors (Lipinski definition) is 1. The van der Waals surface area contributed by atoms with Crippen LogP contribution in [0.25, 0.3) is 0 Å². The Morgan fingerprint density at radius 3 is 2.27 bits per heavy atom. The maximum atomic E-state index is 2.59. The van der Waals surface area contributed by atoms with Crippen LogP contribution >= 0.6 is 0 Å². The molecule has 1 saturated heterocycles. The molecule has 66 valence electrons. The number of piperidine rings is 1. The summed E-state index contributed by atoms with van der Waals surface area (Å²) in [5, 5.41) is 0. The predicted octanol–water partition coefficient (Wildman–Crippen LogP) is 2.37. The smallest absolute Gasteiger partial charge is 0.00387 e. The fourth-order valence-corrected chi connectivity index (χ4v) is 1.76. The molecule has 0 aromatic carbocycles. The third kappa shape index (κ3) is 2.19. The Kier molecular flexibility index (Phi) is 2.94. The van der Waals surface area contributed by atoms with Crippen molar-refractivity contribution in [3.05, 3.63) is 0 Å². The van der Waals surface area contributed by atoms with E-state index in [2.05, 4.69) is 32.6 Å². The van der Waals surface area contributed by atoms with E-state index in [1.165, 1.54) is 19.5 Å². The molecule has 0 unspecified atom stereocenters. The van der Waals surface area contributed by atoms with Crippen molar-refractivity contribution >= 4 is 0 Å². The van der Waals surface area contributed by atoms with Crippen LogP contribution < -0.4 is 0 Å². The van der Waals surface area contributed by atoms with Gasteiger partial charge in [0.25, 0.3) is 0 Å². The summed E-state index contributed by atoms with van der Waals surface area (Å²) in [6.07, 6.45) is 1.39. The van der Waals surface area contributed by atoms with Crippen molar-refractivity contribution in [3.8, 4) is 0 Å². The van der Waals surface area contributed by atoms with Crippen LogP contribution in [-0.2, 0) is 0 Å². The molecule has 0 spiro atoms. The van der Waals surface area contributed by atoms with Crippen LogP contribution in [0, 0.1) is 11.8 Å². The third-order valence-electron chi connectivity index (χ3n) is 3.10. The molecule has 1 aliphatic heterocycles. The molecule has 1 nitrogen and oxygen atoms in total. The fraction of sp³-hybridized carbons (Fsp3) is 1.00. The lowest BCUT2D eigenvalue weighted by molar-refractivity contribution is 0.110. The summed E-state index contributed by atoms with van der Waals surface area (Å²) in [5.41, 5.74) is 0. The van der Waals surface area contributed by atoms with Gasteiger partial charge in [0, 0.05) is 12.6 Å². The average molecular weight is 155 g/mol. The largest absolute Gasteiger partial charge is 0.301 e. The van der Waals surface area contributed by atoms with E-state index < -0.39 is 0 Å². The number of hydrogen-bond donors (Lipinski definition) is 0. The quantitative estimate of drug-likeness (QED) is 0.562. The SMILES string of the molecule is CC(C)N1CC[C@@H](C)[C@H](C)C1. The van der Waals surface area contributed by atoms with Gasteiger partial charge in [0.15, 0.2) is 0 Å². The van der Waals surface area contributed by atoms with Gasteiger partial charge >= 0.3 is 0 Å².